The molecular formula is C18H33N3O5S. The average Bonchev–Trinajstić information content (AvgIpc) is 2.92. The molecule has 0 aromatic heterocycles. The van der Waals surface area contributed by atoms with E-state index in [0.29, 0.717) is 64.6 Å². The van der Waals surface area contributed by atoms with Crippen molar-refractivity contribution in [2.24, 2.45) is 11.8 Å². The van der Waals surface area contributed by atoms with Crippen molar-refractivity contribution in [2.75, 3.05) is 51.6 Å². The smallest absolute Gasteiger partial charge is 0.409 e. The summed E-state index contributed by atoms with van der Waals surface area (Å²) in [7, 11) is -3.18. The van der Waals surface area contributed by atoms with E-state index in [4.69, 9.17) is 4.74 Å². The van der Waals surface area contributed by atoms with Gasteiger partial charge in [0.05, 0.1) is 12.4 Å². The molecule has 2 amide bonds. The normalized spacial score (nSPS) is 20.6. The number of ether oxygens (including phenoxy) is 1. The maximum atomic E-state index is 12.8. The van der Waals surface area contributed by atoms with E-state index in [9.17, 15) is 18.0 Å². The van der Waals surface area contributed by atoms with Gasteiger partial charge in [0.25, 0.3) is 0 Å². The minimum atomic E-state index is -3.18. The van der Waals surface area contributed by atoms with Crippen molar-refractivity contribution in [3.05, 3.63) is 0 Å². The van der Waals surface area contributed by atoms with Gasteiger partial charge in [0, 0.05) is 45.2 Å². The molecule has 0 aromatic rings. The van der Waals surface area contributed by atoms with Crippen molar-refractivity contribution in [1.82, 2.24) is 14.1 Å². The summed E-state index contributed by atoms with van der Waals surface area (Å²) in [5, 5.41) is 0. The fraction of sp³-hybridized carbons (Fsp3) is 0.889. The summed E-state index contributed by atoms with van der Waals surface area (Å²) in [5.41, 5.74) is 0. The van der Waals surface area contributed by atoms with Gasteiger partial charge < -0.3 is 14.5 Å². The van der Waals surface area contributed by atoms with Gasteiger partial charge in [-0.05, 0) is 32.1 Å². The van der Waals surface area contributed by atoms with Crippen molar-refractivity contribution < 1.29 is 22.7 Å². The van der Waals surface area contributed by atoms with Crippen molar-refractivity contribution >= 4 is 22.0 Å². The van der Waals surface area contributed by atoms with Gasteiger partial charge in [-0.2, -0.15) is 0 Å². The highest BCUT2D eigenvalue weighted by Crippen LogP contribution is 2.22. The second-order valence-corrected chi connectivity index (χ2v) is 9.97. The lowest BCUT2D eigenvalue weighted by Gasteiger charge is -2.33. The van der Waals surface area contributed by atoms with Gasteiger partial charge in [-0.15, -0.1) is 0 Å². The van der Waals surface area contributed by atoms with E-state index in [1.54, 1.807) is 11.8 Å². The van der Waals surface area contributed by atoms with Crippen molar-refractivity contribution in [3.63, 3.8) is 0 Å². The monoisotopic (exact) mass is 403 g/mol. The van der Waals surface area contributed by atoms with Gasteiger partial charge in [-0.25, -0.2) is 17.5 Å². The van der Waals surface area contributed by atoms with Gasteiger partial charge in [0.15, 0.2) is 0 Å². The summed E-state index contributed by atoms with van der Waals surface area (Å²) in [6.07, 6.45) is 1.55. The zero-order chi connectivity index (χ0) is 20.0. The molecule has 2 saturated heterocycles. The minimum absolute atomic E-state index is 0.0842. The molecule has 156 valence electrons. The molecule has 0 radical (unpaired) electrons. The lowest BCUT2D eigenvalue weighted by molar-refractivity contribution is -0.136. The molecule has 0 bridgehead atoms. The molecule has 0 unspecified atom stereocenters. The van der Waals surface area contributed by atoms with Crippen LogP contribution in [0.3, 0.4) is 0 Å². The van der Waals surface area contributed by atoms with Crippen LogP contribution >= 0.6 is 0 Å². The lowest BCUT2D eigenvalue weighted by atomic mass is 9.96. The number of amides is 2. The molecule has 0 atom stereocenters. The van der Waals surface area contributed by atoms with Crippen LogP contribution < -0.4 is 0 Å². The minimum Gasteiger partial charge on any atom is -0.449 e. The van der Waals surface area contributed by atoms with Crippen LogP contribution in [0, 0.1) is 11.8 Å². The number of carbonyl (C=O) groups is 2. The molecule has 8 nitrogen and oxygen atoms in total. The lowest BCUT2D eigenvalue weighted by Crippen LogP contribution is -2.45. The maximum absolute atomic E-state index is 12.8. The van der Waals surface area contributed by atoms with Crippen LogP contribution in [0.25, 0.3) is 0 Å². The average molecular weight is 404 g/mol. The fourth-order valence-electron chi connectivity index (χ4n) is 3.47. The van der Waals surface area contributed by atoms with Crippen LogP contribution in [0.15, 0.2) is 0 Å². The number of carbonyl (C=O) groups excluding carboxylic acids is 2. The van der Waals surface area contributed by atoms with Crippen LogP contribution in [0.1, 0.15) is 40.0 Å². The van der Waals surface area contributed by atoms with Crippen molar-refractivity contribution in [3.8, 4) is 0 Å². The summed E-state index contributed by atoms with van der Waals surface area (Å²) in [5.74, 6) is 0.343. The Bertz CT molecular complexity index is 614. The van der Waals surface area contributed by atoms with Crippen LogP contribution in [0.2, 0.25) is 0 Å². The standard InChI is InChI=1S/C18H33N3O5S/c1-4-27(24,25)21-10-6-16(7-11-21)17(22)19-8-5-9-20(13-12-19)18(23)26-14-15(2)3/h15-16H,4-14H2,1-3H3. The van der Waals surface area contributed by atoms with E-state index in [1.807, 2.05) is 18.7 Å². The van der Waals surface area contributed by atoms with Gasteiger partial charge in [-0.3, -0.25) is 4.79 Å². The third-order valence-electron chi connectivity index (χ3n) is 5.17. The third-order valence-corrected chi connectivity index (χ3v) is 7.05. The van der Waals surface area contributed by atoms with Gasteiger partial charge in [-0.1, -0.05) is 13.8 Å². The molecule has 0 N–H and O–H groups in total. The molecular weight excluding hydrogens is 370 g/mol. The highest BCUT2D eigenvalue weighted by atomic mass is 32.2. The number of sulfonamides is 1. The highest BCUT2D eigenvalue weighted by molar-refractivity contribution is 7.89. The second-order valence-electron chi connectivity index (χ2n) is 7.71. The first kappa shape index (κ1) is 21.9. The van der Waals surface area contributed by atoms with E-state index < -0.39 is 10.0 Å². The summed E-state index contributed by atoms with van der Waals surface area (Å²) >= 11 is 0. The Morgan fingerprint density at radius 3 is 2.19 bits per heavy atom. The Morgan fingerprint density at radius 2 is 1.59 bits per heavy atom. The quantitative estimate of drug-likeness (QED) is 0.692. The van der Waals surface area contributed by atoms with Crippen LogP contribution in [-0.4, -0.2) is 86.2 Å². The number of hydrogen-bond donors (Lipinski definition) is 0. The first-order chi connectivity index (χ1) is 12.7. The third kappa shape index (κ3) is 6.07. The molecule has 2 aliphatic heterocycles. The van der Waals surface area contributed by atoms with Crippen LogP contribution in [0.4, 0.5) is 4.79 Å². The Hall–Kier alpha value is -1.35. The Balaban J connectivity index is 1.83. The van der Waals surface area contributed by atoms with E-state index in [-0.39, 0.29) is 23.7 Å². The largest absolute Gasteiger partial charge is 0.449 e. The Kier molecular flexibility index (Phi) is 7.91. The first-order valence-corrected chi connectivity index (χ1v) is 11.5. The van der Waals surface area contributed by atoms with E-state index in [2.05, 4.69) is 0 Å². The Morgan fingerprint density at radius 1 is 1.00 bits per heavy atom. The predicted octanol–water partition coefficient (Wildman–Crippen LogP) is 1.38. The molecule has 2 fully saturated rings. The van der Waals surface area contributed by atoms with Gasteiger partial charge >= 0.3 is 6.09 Å². The van der Waals surface area contributed by atoms with Crippen LogP contribution in [-0.2, 0) is 19.6 Å². The molecule has 2 aliphatic rings. The highest BCUT2D eigenvalue weighted by Gasteiger charge is 2.33. The van der Waals surface area contributed by atoms with Gasteiger partial charge in [0.1, 0.15) is 0 Å². The molecule has 0 saturated carbocycles. The van der Waals surface area contributed by atoms with E-state index in [0.717, 1.165) is 6.42 Å². The molecule has 2 heterocycles. The summed E-state index contributed by atoms with van der Waals surface area (Å²) in [6, 6.07) is 0. The second kappa shape index (κ2) is 9.73. The maximum Gasteiger partial charge on any atom is 0.409 e. The molecule has 2 rings (SSSR count). The molecule has 0 aromatic carbocycles. The van der Waals surface area contributed by atoms with E-state index in [1.165, 1.54) is 4.31 Å². The molecule has 9 heteroatoms. The molecule has 27 heavy (non-hydrogen) atoms. The molecule has 0 aliphatic carbocycles. The zero-order valence-corrected chi connectivity index (χ0v) is 17.5. The topological polar surface area (TPSA) is 87.2 Å². The van der Waals surface area contributed by atoms with Crippen molar-refractivity contribution in [1.29, 1.82) is 0 Å². The Labute approximate surface area is 162 Å². The predicted molar refractivity (Wildman–Crippen MR) is 103 cm³/mol. The molecule has 0 spiro atoms. The number of piperidine rings is 1. The van der Waals surface area contributed by atoms with E-state index >= 15 is 0 Å². The van der Waals surface area contributed by atoms with Crippen LogP contribution in [0.5, 0.6) is 0 Å². The zero-order valence-electron chi connectivity index (χ0n) is 16.7. The number of nitrogens with zero attached hydrogens (tertiary/aromatic N) is 3. The fourth-order valence-corrected chi connectivity index (χ4v) is 4.60. The summed E-state index contributed by atoms with van der Waals surface area (Å²) < 4.78 is 30.7. The summed E-state index contributed by atoms with van der Waals surface area (Å²) in [4.78, 5) is 28.5. The number of rotatable bonds is 5. The SMILES string of the molecule is CCS(=O)(=O)N1CCC(C(=O)N2CCCN(C(=O)OCC(C)C)CC2)CC1. The van der Waals surface area contributed by atoms with Gasteiger partial charge in [0.2, 0.25) is 15.9 Å². The van der Waals surface area contributed by atoms with Crippen molar-refractivity contribution in [2.45, 2.75) is 40.0 Å². The summed E-state index contributed by atoms with van der Waals surface area (Å²) in [6.45, 7) is 9.05. The number of hydrogen-bond acceptors (Lipinski definition) is 5. The first-order valence-electron chi connectivity index (χ1n) is 9.93.